The van der Waals surface area contributed by atoms with Crippen LogP contribution in [0.15, 0.2) is 27.7 Å². The molecule has 0 unspecified atom stereocenters. The molecule has 1 aliphatic heterocycles. The average Bonchev–Trinajstić information content (AvgIpc) is 2.43. The van der Waals surface area contributed by atoms with Crippen LogP contribution < -0.4 is 5.73 Å². The van der Waals surface area contributed by atoms with Crippen molar-refractivity contribution in [3.63, 3.8) is 0 Å². The third-order valence-corrected chi connectivity index (χ3v) is 3.60. The van der Waals surface area contributed by atoms with Crippen LogP contribution in [-0.4, -0.2) is 43.7 Å². The largest absolute Gasteiger partial charge is 0.378 e. The number of hydrogen-bond donors (Lipinski definition) is 1. The van der Waals surface area contributed by atoms with Gasteiger partial charge in [0.25, 0.3) is 0 Å². The number of nitrogens with two attached hydrogens (primary N) is 1. The Labute approximate surface area is 120 Å². The molecule has 104 valence electrons. The maximum absolute atomic E-state index is 13.1. The van der Waals surface area contributed by atoms with Crippen molar-refractivity contribution in [3.05, 3.63) is 34.1 Å². The zero-order chi connectivity index (χ0) is 13.7. The summed E-state index contributed by atoms with van der Waals surface area (Å²) in [6, 6.07) is 4.99. The van der Waals surface area contributed by atoms with Gasteiger partial charge in [0.1, 0.15) is 5.82 Å². The van der Waals surface area contributed by atoms with E-state index in [1.807, 2.05) is 4.90 Å². The SMILES string of the molecule is NC(=NCCc1ccc(F)c(Br)c1)N1CCOCC1. The Hall–Kier alpha value is -1.14. The second-order valence-corrected chi connectivity index (χ2v) is 5.19. The second kappa shape index (κ2) is 6.86. The van der Waals surface area contributed by atoms with Gasteiger partial charge in [0.2, 0.25) is 0 Å². The number of benzene rings is 1. The van der Waals surface area contributed by atoms with Crippen LogP contribution in [-0.2, 0) is 11.2 Å². The fourth-order valence-corrected chi connectivity index (χ4v) is 2.31. The van der Waals surface area contributed by atoms with E-state index in [2.05, 4.69) is 20.9 Å². The Morgan fingerprint density at radius 2 is 2.16 bits per heavy atom. The third-order valence-electron chi connectivity index (χ3n) is 2.99. The maximum Gasteiger partial charge on any atom is 0.191 e. The minimum Gasteiger partial charge on any atom is -0.378 e. The van der Waals surface area contributed by atoms with Gasteiger partial charge in [0.05, 0.1) is 17.7 Å². The molecule has 1 fully saturated rings. The average molecular weight is 330 g/mol. The van der Waals surface area contributed by atoms with Gasteiger partial charge in [-0.05, 0) is 40.0 Å². The van der Waals surface area contributed by atoms with E-state index < -0.39 is 0 Å². The molecule has 0 radical (unpaired) electrons. The number of ether oxygens (including phenoxy) is 1. The molecule has 1 saturated heterocycles. The molecule has 0 aromatic heterocycles. The summed E-state index contributed by atoms with van der Waals surface area (Å²) in [5, 5.41) is 0. The third kappa shape index (κ3) is 4.18. The fraction of sp³-hybridized carbons (Fsp3) is 0.462. The van der Waals surface area contributed by atoms with Crippen molar-refractivity contribution in [2.75, 3.05) is 32.8 Å². The van der Waals surface area contributed by atoms with Gasteiger partial charge in [0, 0.05) is 19.6 Å². The number of nitrogens with zero attached hydrogens (tertiary/aromatic N) is 2. The quantitative estimate of drug-likeness (QED) is 0.679. The molecule has 4 nitrogen and oxygen atoms in total. The lowest BCUT2D eigenvalue weighted by molar-refractivity contribution is 0.0674. The predicted octanol–water partition coefficient (Wildman–Crippen LogP) is 1.78. The Balaban J connectivity index is 1.85. The first-order chi connectivity index (χ1) is 9.16. The summed E-state index contributed by atoms with van der Waals surface area (Å²) in [7, 11) is 0. The molecule has 2 N–H and O–H groups in total. The van der Waals surface area contributed by atoms with E-state index in [0.717, 1.165) is 25.1 Å². The number of rotatable bonds is 3. The molecule has 0 amide bonds. The first-order valence-electron chi connectivity index (χ1n) is 6.23. The zero-order valence-corrected chi connectivity index (χ0v) is 12.2. The molecular weight excluding hydrogens is 313 g/mol. The molecule has 19 heavy (non-hydrogen) atoms. The summed E-state index contributed by atoms with van der Waals surface area (Å²) in [5.74, 6) is 0.310. The second-order valence-electron chi connectivity index (χ2n) is 4.34. The molecular formula is C13H17BrFN3O. The summed E-state index contributed by atoms with van der Waals surface area (Å²) in [6.45, 7) is 3.57. The van der Waals surface area contributed by atoms with E-state index in [4.69, 9.17) is 10.5 Å². The highest BCUT2D eigenvalue weighted by Gasteiger charge is 2.11. The van der Waals surface area contributed by atoms with Gasteiger partial charge >= 0.3 is 0 Å². The molecule has 0 spiro atoms. The predicted molar refractivity (Wildman–Crippen MR) is 76.7 cm³/mol. The van der Waals surface area contributed by atoms with Crippen LogP contribution in [0.5, 0.6) is 0 Å². The van der Waals surface area contributed by atoms with E-state index in [1.54, 1.807) is 12.1 Å². The molecule has 1 heterocycles. The normalized spacial score (nSPS) is 16.7. The Morgan fingerprint density at radius 1 is 1.42 bits per heavy atom. The van der Waals surface area contributed by atoms with E-state index in [1.165, 1.54) is 6.07 Å². The summed E-state index contributed by atoms with van der Waals surface area (Å²) < 4.78 is 18.8. The molecule has 2 rings (SSSR count). The highest BCUT2D eigenvalue weighted by atomic mass is 79.9. The molecule has 1 aromatic carbocycles. The lowest BCUT2D eigenvalue weighted by Gasteiger charge is -2.27. The van der Waals surface area contributed by atoms with Gasteiger partial charge in [0.15, 0.2) is 5.96 Å². The van der Waals surface area contributed by atoms with Crippen LogP contribution in [0.25, 0.3) is 0 Å². The highest BCUT2D eigenvalue weighted by molar-refractivity contribution is 9.10. The van der Waals surface area contributed by atoms with Crippen LogP contribution in [0.3, 0.4) is 0 Å². The highest BCUT2D eigenvalue weighted by Crippen LogP contribution is 2.17. The van der Waals surface area contributed by atoms with E-state index in [0.29, 0.717) is 30.2 Å². The fourth-order valence-electron chi connectivity index (χ4n) is 1.89. The van der Waals surface area contributed by atoms with Crippen molar-refractivity contribution >= 4 is 21.9 Å². The first kappa shape index (κ1) is 14.3. The standard InChI is InChI=1S/C13H17BrFN3O/c14-11-9-10(1-2-12(11)15)3-4-17-13(16)18-5-7-19-8-6-18/h1-2,9H,3-8H2,(H2,16,17). The van der Waals surface area contributed by atoms with Crippen molar-refractivity contribution in [2.45, 2.75) is 6.42 Å². The molecule has 1 aliphatic rings. The first-order valence-corrected chi connectivity index (χ1v) is 7.02. The topological polar surface area (TPSA) is 50.8 Å². The van der Waals surface area contributed by atoms with Crippen molar-refractivity contribution in [1.29, 1.82) is 0 Å². The summed E-state index contributed by atoms with van der Waals surface area (Å²) in [5.41, 5.74) is 6.95. The van der Waals surface area contributed by atoms with Gasteiger partial charge in [-0.25, -0.2) is 4.39 Å². The van der Waals surface area contributed by atoms with Crippen LogP contribution in [0.2, 0.25) is 0 Å². The number of hydrogen-bond acceptors (Lipinski definition) is 2. The Bertz CT molecular complexity index is 461. The monoisotopic (exact) mass is 329 g/mol. The molecule has 0 aliphatic carbocycles. The van der Waals surface area contributed by atoms with Crippen LogP contribution in [0.4, 0.5) is 4.39 Å². The van der Waals surface area contributed by atoms with Gasteiger partial charge in [-0.1, -0.05) is 6.07 Å². The number of aliphatic imine (C=N–C) groups is 1. The minimum absolute atomic E-state index is 0.250. The minimum atomic E-state index is -0.250. The van der Waals surface area contributed by atoms with Gasteiger partial charge in [-0.3, -0.25) is 4.99 Å². The van der Waals surface area contributed by atoms with E-state index in [-0.39, 0.29) is 5.82 Å². The molecule has 0 saturated carbocycles. The molecule has 6 heteroatoms. The molecule has 1 aromatic rings. The van der Waals surface area contributed by atoms with E-state index in [9.17, 15) is 4.39 Å². The lowest BCUT2D eigenvalue weighted by Crippen LogP contribution is -2.44. The summed E-state index contributed by atoms with van der Waals surface area (Å²) in [4.78, 5) is 6.37. The van der Waals surface area contributed by atoms with Crippen molar-refractivity contribution < 1.29 is 9.13 Å². The molecule has 0 bridgehead atoms. The van der Waals surface area contributed by atoms with Gasteiger partial charge < -0.3 is 15.4 Å². The Morgan fingerprint density at radius 3 is 2.84 bits per heavy atom. The Kier molecular flexibility index (Phi) is 5.15. The van der Waals surface area contributed by atoms with E-state index >= 15 is 0 Å². The summed E-state index contributed by atoms with van der Waals surface area (Å²) in [6.07, 6.45) is 0.740. The summed E-state index contributed by atoms with van der Waals surface area (Å²) >= 11 is 3.17. The smallest absolute Gasteiger partial charge is 0.191 e. The van der Waals surface area contributed by atoms with Crippen LogP contribution >= 0.6 is 15.9 Å². The van der Waals surface area contributed by atoms with Gasteiger partial charge in [-0.2, -0.15) is 0 Å². The van der Waals surface area contributed by atoms with Crippen LogP contribution in [0, 0.1) is 5.82 Å². The van der Waals surface area contributed by atoms with Crippen molar-refractivity contribution in [1.82, 2.24) is 4.90 Å². The van der Waals surface area contributed by atoms with Crippen LogP contribution in [0.1, 0.15) is 5.56 Å². The molecule has 0 atom stereocenters. The maximum atomic E-state index is 13.1. The lowest BCUT2D eigenvalue weighted by atomic mass is 10.1. The number of morpholine rings is 1. The zero-order valence-electron chi connectivity index (χ0n) is 10.6. The number of guanidine groups is 1. The van der Waals surface area contributed by atoms with Crippen molar-refractivity contribution in [2.24, 2.45) is 10.7 Å². The number of halogens is 2. The van der Waals surface area contributed by atoms with Crippen molar-refractivity contribution in [3.8, 4) is 0 Å². The van der Waals surface area contributed by atoms with Gasteiger partial charge in [-0.15, -0.1) is 0 Å².